The molecule has 2 aromatic carbocycles. The topological polar surface area (TPSA) is 104 Å². The molecular formula is C23H26N6O3. The number of aryl methyl sites for hydroxylation is 1. The average Bonchev–Trinajstić information content (AvgIpc) is 3.26. The number of carbonyl (C=O) groups is 2. The highest BCUT2D eigenvalue weighted by Crippen LogP contribution is 2.19. The first-order valence-corrected chi connectivity index (χ1v) is 10.5. The van der Waals surface area contributed by atoms with Crippen molar-refractivity contribution in [2.24, 2.45) is 0 Å². The van der Waals surface area contributed by atoms with Gasteiger partial charge in [-0.3, -0.25) is 15.0 Å². The van der Waals surface area contributed by atoms with Crippen molar-refractivity contribution in [2.45, 2.75) is 13.8 Å². The van der Waals surface area contributed by atoms with E-state index in [9.17, 15) is 9.59 Å². The van der Waals surface area contributed by atoms with Gasteiger partial charge in [0.1, 0.15) is 0 Å². The number of rotatable bonds is 5. The van der Waals surface area contributed by atoms with E-state index in [1.54, 1.807) is 4.90 Å². The standard InChI is InChI=1S/C23H26N6O3/c1-16-7-6-10-19(17(16)2)24-20(30)15-28-11-13-29(14-12-28)23(31)26-22-25-21(27-32-22)18-8-4-3-5-9-18/h3-10H,11-15H2,1-2H3,(H,24,30)(H,25,26,27,31). The molecule has 9 nitrogen and oxygen atoms in total. The number of nitrogens with zero attached hydrogens (tertiary/aromatic N) is 4. The summed E-state index contributed by atoms with van der Waals surface area (Å²) < 4.78 is 5.15. The molecule has 9 heteroatoms. The third-order valence-corrected chi connectivity index (χ3v) is 5.58. The monoisotopic (exact) mass is 434 g/mol. The molecule has 4 rings (SSSR count). The van der Waals surface area contributed by atoms with Crippen LogP contribution in [-0.4, -0.2) is 64.6 Å². The lowest BCUT2D eigenvalue weighted by atomic mass is 10.1. The van der Waals surface area contributed by atoms with Crippen LogP contribution in [0.2, 0.25) is 0 Å². The molecule has 2 N–H and O–H groups in total. The van der Waals surface area contributed by atoms with E-state index in [1.807, 2.05) is 67.3 Å². The predicted molar refractivity (Wildman–Crippen MR) is 121 cm³/mol. The van der Waals surface area contributed by atoms with E-state index in [0.717, 1.165) is 22.4 Å². The summed E-state index contributed by atoms with van der Waals surface area (Å²) in [6.45, 7) is 6.51. The van der Waals surface area contributed by atoms with E-state index in [2.05, 4.69) is 20.8 Å². The Morgan fingerprint density at radius 3 is 2.47 bits per heavy atom. The van der Waals surface area contributed by atoms with Crippen LogP contribution < -0.4 is 10.6 Å². The first-order chi connectivity index (χ1) is 15.5. The maximum absolute atomic E-state index is 12.5. The molecule has 1 fully saturated rings. The Bertz CT molecular complexity index is 1090. The third kappa shape index (κ3) is 5.12. The summed E-state index contributed by atoms with van der Waals surface area (Å²) in [5.41, 5.74) is 3.85. The Hall–Kier alpha value is -3.72. The Morgan fingerprint density at radius 2 is 1.72 bits per heavy atom. The number of urea groups is 1. The maximum atomic E-state index is 12.5. The van der Waals surface area contributed by atoms with Crippen LogP contribution in [0.4, 0.5) is 16.5 Å². The van der Waals surface area contributed by atoms with Crippen molar-refractivity contribution in [1.29, 1.82) is 0 Å². The lowest BCUT2D eigenvalue weighted by Gasteiger charge is -2.33. The smallest absolute Gasteiger partial charge is 0.325 e. The van der Waals surface area contributed by atoms with Crippen molar-refractivity contribution >= 4 is 23.6 Å². The van der Waals surface area contributed by atoms with Gasteiger partial charge in [0.05, 0.1) is 6.54 Å². The summed E-state index contributed by atoms with van der Waals surface area (Å²) in [5, 5.41) is 9.53. The minimum absolute atomic E-state index is 0.0593. The van der Waals surface area contributed by atoms with Crippen molar-refractivity contribution in [3.63, 3.8) is 0 Å². The summed E-state index contributed by atoms with van der Waals surface area (Å²) in [5.74, 6) is 0.358. The molecule has 0 radical (unpaired) electrons. The van der Waals surface area contributed by atoms with Crippen LogP contribution >= 0.6 is 0 Å². The number of hydrogen-bond acceptors (Lipinski definition) is 6. The minimum Gasteiger partial charge on any atom is -0.325 e. The van der Waals surface area contributed by atoms with Crippen molar-refractivity contribution in [2.75, 3.05) is 43.4 Å². The second kappa shape index (κ2) is 9.61. The second-order valence-electron chi connectivity index (χ2n) is 7.78. The van der Waals surface area contributed by atoms with Crippen molar-refractivity contribution in [3.8, 4) is 11.4 Å². The van der Waals surface area contributed by atoms with E-state index in [0.29, 0.717) is 32.0 Å². The van der Waals surface area contributed by atoms with Crippen LogP contribution in [0.3, 0.4) is 0 Å². The van der Waals surface area contributed by atoms with Gasteiger partial charge < -0.3 is 14.7 Å². The molecule has 3 amide bonds. The van der Waals surface area contributed by atoms with Gasteiger partial charge in [-0.25, -0.2) is 4.79 Å². The van der Waals surface area contributed by atoms with Gasteiger partial charge >= 0.3 is 12.0 Å². The molecule has 0 unspecified atom stereocenters. The quantitative estimate of drug-likeness (QED) is 0.639. The molecule has 0 atom stereocenters. The molecule has 1 saturated heterocycles. The molecule has 1 aliphatic rings. The summed E-state index contributed by atoms with van der Waals surface area (Å²) >= 11 is 0. The van der Waals surface area contributed by atoms with E-state index >= 15 is 0 Å². The number of anilines is 2. The van der Waals surface area contributed by atoms with Crippen LogP contribution in [0, 0.1) is 13.8 Å². The SMILES string of the molecule is Cc1cccc(NC(=O)CN2CCN(C(=O)Nc3nc(-c4ccccc4)no3)CC2)c1C. The van der Waals surface area contributed by atoms with Crippen molar-refractivity contribution in [3.05, 3.63) is 59.7 Å². The van der Waals surface area contributed by atoms with Crippen LogP contribution in [0.15, 0.2) is 53.1 Å². The van der Waals surface area contributed by atoms with Crippen LogP contribution in [-0.2, 0) is 4.79 Å². The number of aromatic nitrogens is 2. The van der Waals surface area contributed by atoms with Gasteiger partial charge in [-0.15, -0.1) is 0 Å². The molecule has 0 spiro atoms. The Kier molecular flexibility index (Phi) is 6.46. The molecule has 1 aromatic heterocycles. The molecule has 3 aromatic rings. The highest BCUT2D eigenvalue weighted by atomic mass is 16.5. The Morgan fingerprint density at radius 1 is 0.969 bits per heavy atom. The number of benzene rings is 2. The zero-order chi connectivity index (χ0) is 22.5. The fourth-order valence-corrected chi connectivity index (χ4v) is 3.54. The summed E-state index contributed by atoms with van der Waals surface area (Å²) in [7, 11) is 0. The van der Waals surface area contributed by atoms with E-state index in [-0.39, 0.29) is 24.5 Å². The molecule has 166 valence electrons. The highest BCUT2D eigenvalue weighted by Gasteiger charge is 2.24. The van der Waals surface area contributed by atoms with Gasteiger partial charge in [-0.05, 0) is 31.0 Å². The molecule has 2 heterocycles. The largest absolute Gasteiger partial charge is 0.329 e. The van der Waals surface area contributed by atoms with Crippen molar-refractivity contribution < 1.29 is 14.1 Å². The van der Waals surface area contributed by atoms with E-state index in [4.69, 9.17) is 4.52 Å². The van der Waals surface area contributed by atoms with Gasteiger partial charge in [-0.1, -0.05) is 47.6 Å². The molecule has 1 aliphatic heterocycles. The van der Waals surface area contributed by atoms with E-state index < -0.39 is 0 Å². The maximum Gasteiger partial charge on any atom is 0.329 e. The Labute approximate surface area is 186 Å². The number of piperazine rings is 1. The zero-order valence-corrected chi connectivity index (χ0v) is 18.2. The zero-order valence-electron chi connectivity index (χ0n) is 18.2. The average molecular weight is 435 g/mol. The lowest BCUT2D eigenvalue weighted by Crippen LogP contribution is -2.51. The third-order valence-electron chi connectivity index (χ3n) is 5.58. The second-order valence-corrected chi connectivity index (χ2v) is 7.78. The molecule has 32 heavy (non-hydrogen) atoms. The Balaban J connectivity index is 1.24. The normalized spacial score (nSPS) is 14.2. The van der Waals surface area contributed by atoms with Gasteiger partial charge in [0, 0.05) is 37.4 Å². The minimum atomic E-state index is -0.298. The van der Waals surface area contributed by atoms with Gasteiger partial charge in [0.2, 0.25) is 11.7 Å². The molecule has 0 saturated carbocycles. The fraction of sp³-hybridized carbons (Fsp3) is 0.304. The van der Waals surface area contributed by atoms with Crippen LogP contribution in [0.5, 0.6) is 0 Å². The number of carbonyl (C=O) groups excluding carboxylic acids is 2. The summed E-state index contributed by atoms with van der Waals surface area (Å²) in [4.78, 5) is 32.9. The van der Waals surface area contributed by atoms with E-state index in [1.165, 1.54) is 0 Å². The summed E-state index contributed by atoms with van der Waals surface area (Å²) in [6, 6.07) is 15.0. The predicted octanol–water partition coefficient (Wildman–Crippen LogP) is 3.14. The highest BCUT2D eigenvalue weighted by molar-refractivity contribution is 5.93. The van der Waals surface area contributed by atoms with Gasteiger partial charge in [0.15, 0.2) is 0 Å². The molecule has 0 bridgehead atoms. The first kappa shape index (κ1) is 21.5. The molecule has 0 aliphatic carbocycles. The fourth-order valence-electron chi connectivity index (χ4n) is 3.54. The molecular weight excluding hydrogens is 408 g/mol. The van der Waals surface area contributed by atoms with Crippen LogP contribution in [0.1, 0.15) is 11.1 Å². The van der Waals surface area contributed by atoms with Crippen molar-refractivity contribution in [1.82, 2.24) is 19.9 Å². The summed E-state index contributed by atoms with van der Waals surface area (Å²) in [6.07, 6.45) is 0. The number of nitrogens with one attached hydrogen (secondary N) is 2. The number of amides is 3. The van der Waals surface area contributed by atoms with Gasteiger partial charge in [0.25, 0.3) is 0 Å². The lowest BCUT2D eigenvalue weighted by molar-refractivity contribution is -0.117. The van der Waals surface area contributed by atoms with Gasteiger partial charge in [-0.2, -0.15) is 4.98 Å². The first-order valence-electron chi connectivity index (χ1n) is 10.5. The van der Waals surface area contributed by atoms with Crippen LogP contribution in [0.25, 0.3) is 11.4 Å². The number of hydrogen-bond donors (Lipinski definition) is 2.